The van der Waals surface area contributed by atoms with Crippen molar-refractivity contribution >= 4 is 11.6 Å². The van der Waals surface area contributed by atoms with Gasteiger partial charge in [0.05, 0.1) is 6.10 Å². The minimum atomic E-state index is 0.410. The van der Waals surface area contributed by atoms with Gasteiger partial charge in [-0.05, 0) is 56.3 Å². The second-order valence-corrected chi connectivity index (χ2v) is 5.66. The average molecular weight is 282 g/mol. The maximum Gasteiger partial charge on any atom is 0.0575 e. The van der Waals surface area contributed by atoms with E-state index >= 15 is 0 Å². The molecule has 2 unspecified atom stereocenters. The molecule has 3 heteroatoms. The molecule has 106 valence electrons. The van der Waals surface area contributed by atoms with Gasteiger partial charge in [0.2, 0.25) is 0 Å². The van der Waals surface area contributed by atoms with E-state index in [1.165, 1.54) is 24.8 Å². The lowest BCUT2D eigenvalue weighted by Crippen LogP contribution is -2.25. The number of halogens is 1. The third-order valence-electron chi connectivity index (χ3n) is 3.77. The minimum absolute atomic E-state index is 0.410. The molecule has 0 bridgehead atoms. The first-order valence-electron chi connectivity index (χ1n) is 7.40. The molecule has 1 aliphatic rings. The molecule has 2 nitrogen and oxygen atoms in total. The number of benzene rings is 1. The molecule has 1 aliphatic heterocycles. The Morgan fingerprint density at radius 3 is 2.74 bits per heavy atom. The van der Waals surface area contributed by atoms with E-state index < -0.39 is 0 Å². The van der Waals surface area contributed by atoms with Crippen molar-refractivity contribution in [2.75, 3.05) is 13.2 Å². The predicted octanol–water partition coefficient (Wildman–Crippen LogP) is 4.34. The van der Waals surface area contributed by atoms with Gasteiger partial charge >= 0.3 is 0 Å². The highest BCUT2D eigenvalue weighted by atomic mass is 35.5. The molecule has 1 saturated heterocycles. The van der Waals surface area contributed by atoms with Crippen molar-refractivity contribution in [3.63, 3.8) is 0 Å². The van der Waals surface area contributed by atoms with E-state index in [1.807, 2.05) is 12.1 Å². The van der Waals surface area contributed by atoms with Crippen molar-refractivity contribution in [1.82, 2.24) is 5.32 Å². The van der Waals surface area contributed by atoms with Crippen LogP contribution in [-0.2, 0) is 4.74 Å². The van der Waals surface area contributed by atoms with Gasteiger partial charge in [0.1, 0.15) is 0 Å². The number of rotatable bonds is 6. The summed E-state index contributed by atoms with van der Waals surface area (Å²) in [5, 5.41) is 4.36. The lowest BCUT2D eigenvalue weighted by Gasteiger charge is -2.25. The van der Waals surface area contributed by atoms with Gasteiger partial charge in [-0.3, -0.25) is 0 Å². The molecule has 0 aromatic heterocycles. The third kappa shape index (κ3) is 4.79. The summed E-state index contributed by atoms with van der Waals surface area (Å²) < 4.78 is 5.81. The first-order valence-corrected chi connectivity index (χ1v) is 7.78. The predicted molar refractivity (Wildman–Crippen MR) is 80.7 cm³/mol. The highest BCUT2D eigenvalue weighted by molar-refractivity contribution is 6.30. The summed E-state index contributed by atoms with van der Waals surface area (Å²) in [4.78, 5) is 0. The minimum Gasteiger partial charge on any atom is -0.378 e. The molecule has 1 heterocycles. The van der Waals surface area contributed by atoms with Gasteiger partial charge in [-0.2, -0.15) is 0 Å². The standard InChI is InChI=1S/C16H24ClNO/c1-2-18-16(13-6-8-14(17)9-7-13)11-10-15-5-3-4-12-19-15/h6-9,15-16,18H,2-5,10-12H2,1H3. The first kappa shape index (κ1) is 14.8. The highest BCUT2D eigenvalue weighted by Crippen LogP contribution is 2.24. The van der Waals surface area contributed by atoms with Gasteiger partial charge in [0, 0.05) is 17.7 Å². The van der Waals surface area contributed by atoms with Gasteiger partial charge in [-0.1, -0.05) is 30.7 Å². The molecule has 0 spiro atoms. The van der Waals surface area contributed by atoms with Crippen molar-refractivity contribution in [3.05, 3.63) is 34.9 Å². The molecule has 1 N–H and O–H groups in total. The Bertz CT molecular complexity index is 360. The van der Waals surface area contributed by atoms with E-state index in [9.17, 15) is 0 Å². The molecule has 2 rings (SSSR count). The summed E-state index contributed by atoms with van der Waals surface area (Å²) in [7, 11) is 0. The van der Waals surface area contributed by atoms with Crippen LogP contribution in [0, 0.1) is 0 Å². The fraction of sp³-hybridized carbons (Fsp3) is 0.625. The number of nitrogens with one attached hydrogen (secondary N) is 1. The molecule has 0 amide bonds. The quantitative estimate of drug-likeness (QED) is 0.837. The molecule has 1 aromatic rings. The Labute approximate surface area is 121 Å². The SMILES string of the molecule is CCNC(CCC1CCCCO1)c1ccc(Cl)cc1. The van der Waals surface area contributed by atoms with Gasteiger partial charge in [-0.25, -0.2) is 0 Å². The fourth-order valence-electron chi connectivity index (χ4n) is 2.72. The average Bonchev–Trinajstić information content (AvgIpc) is 2.46. The molecule has 19 heavy (non-hydrogen) atoms. The number of hydrogen-bond donors (Lipinski definition) is 1. The maximum absolute atomic E-state index is 5.95. The fourth-order valence-corrected chi connectivity index (χ4v) is 2.84. The summed E-state index contributed by atoms with van der Waals surface area (Å²) >= 11 is 5.95. The molecule has 2 atom stereocenters. The monoisotopic (exact) mass is 281 g/mol. The zero-order valence-electron chi connectivity index (χ0n) is 11.7. The van der Waals surface area contributed by atoms with Crippen LogP contribution in [-0.4, -0.2) is 19.3 Å². The summed E-state index contributed by atoms with van der Waals surface area (Å²) in [6.07, 6.45) is 6.49. The molecule has 0 aliphatic carbocycles. The largest absolute Gasteiger partial charge is 0.378 e. The van der Waals surface area contributed by atoms with Crippen LogP contribution in [0.1, 0.15) is 50.6 Å². The zero-order chi connectivity index (χ0) is 13.5. The van der Waals surface area contributed by atoms with Crippen molar-refractivity contribution in [3.8, 4) is 0 Å². The first-order chi connectivity index (χ1) is 9.29. The normalized spacial score (nSPS) is 21.3. The lowest BCUT2D eigenvalue weighted by atomic mass is 9.97. The van der Waals surface area contributed by atoms with Crippen LogP contribution in [0.3, 0.4) is 0 Å². The summed E-state index contributed by atoms with van der Waals surface area (Å²) in [6.45, 7) is 4.08. The zero-order valence-corrected chi connectivity index (χ0v) is 12.5. The number of hydrogen-bond acceptors (Lipinski definition) is 2. The van der Waals surface area contributed by atoms with Crippen molar-refractivity contribution in [1.29, 1.82) is 0 Å². The second kappa shape index (κ2) is 7.88. The van der Waals surface area contributed by atoms with Gasteiger partial charge < -0.3 is 10.1 Å². The Balaban J connectivity index is 1.89. The summed E-state index contributed by atoms with van der Waals surface area (Å²) in [6, 6.07) is 8.60. The van der Waals surface area contributed by atoms with Crippen LogP contribution in [0.2, 0.25) is 5.02 Å². The van der Waals surface area contributed by atoms with E-state index in [2.05, 4.69) is 24.4 Å². The van der Waals surface area contributed by atoms with Crippen LogP contribution in [0.4, 0.5) is 0 Å². The van der Waals surface area contributed by atoms with Crippen LogP contribution in [0.15, 0.2) is 24.3 Å². The smallest absolute Gasteiger partial charge is 0.0575 e. The molecule has 1 aromatic carbocycles. The van der Waals surface area contributed by atoms with Gasteiger partial charge in [0.25, 0.3) is 0 Å². The Morgan fingerprint density at radius 1 is 1.32 bits per heavy atom. The highest BCUT2D eigenvalue weighted by Gasteiger charge is 2.17. The van der Waals surface area contributed by atoms with E-state index in [1.54, 1.807) is 0 Å². The summed E-state index contributed by atoms with van der Waals surface area (Å²) in [5.41, 5.74) is 1.32. The topological polar surface area (TPSA) is 21.3 Å². The van der Waals surface area contributed by atoms with Gasteiger partial charge in [0.15, 0.2) is 0 Å². The lowest BCUT2D eigenvalue weighted by molar-refractivity contribution is 0.00856. The maximum atomic E-state index is 5.95. The second-order valence-electron chi connectivity index (χ2n) is 5.23. The summed E-state index contributed by atoms with van der Waals surface area (Å²) in [5.74, 6) is 0. The Kier molecular flexibility index (Phi) is 6.15. The molecule has 0 radical (unpaired) electrons. The Morgan fingerprint density at radius 2 is 2.11 bits per heavy atom. The van der Waals surface area contributed by atoms with Crippen molar-refractivity contribution in [2.24, 2.45) is 0 Å². The van der Waals surface area contributed by atoms with Gasteiger partial charge in [-0.15, -0.1) is 0 Å². The third-order valence-corrected chi connectivity index (χ3v) is 4.03. The van der Waals surface area contributed by atoms with Crippen molar-refractivity contribution in [2.45, 2.75) is 51.2 Å². The Hall–Kier alpha value is -0.570. The van der Waals surface area contributed by atoms with Crippen LogP contribution < -0.4 is 5.32 Å². The molecule has 0 saturated carbocycles. The van der Waals surface area contributed by atoms with E-state index in [4.69, 9.17) is 16.3 Å². The molecular weight excluding hydrogens is 258 g/mol. The van der Waals surface area contributed by atoms with E-state index in [0.717, 1.165) is 31.0 Å². The van der Waals surface area contributed by atoms with Crippen LogP contribution >= 0.6 is 11.6 Å². The van der Waals surface area contributed by atoms with E-state index in [-0.39, 0.29) is 0 Å². The number of ether oxygens (including phenoxy) is 1. The molecular formula is C16H24ClNO. The van der Waals surface area contributed by atoms with E-state index in [0.29, 0.717) is 12.1 Å². The van der Waals surface area contributed by atoms with Crippen molar-refractivity contribution < 1.29 is 4.74 Å². The van der Waals surface area contributed by atoms with Crippen LogP contribution in [0.5, 0.6) is 0 Å². The molecule has 1 fully saturated rings. The van der Waals surface area contributed by atoms with Crippen LogP contribution in [0.25, 0.3) is 0 Å².